The number of rotatable bonds is 4. The molecule has 0 amide bonds. The Balaban J connectivity index is 1.98. The van der Waals surface area contributed by atoms with Gasteiger partial charge in [-0.25, -0.2) is 0 Å². The lowest BCUT2D eigenvalue weighted by Gasteiger charge is -2.39. The molecule has 0 saturated heterocycles. The zero-order chi connectivity index (χ0) is 13.2. The Hall–Kier alpha value is 0.100. The van der Waals surface area contributed by atoms with E-state index in [0.29, 0.717) is 0 Å². The molecule has 2 unspecified atom stereocenters. The zero-order valence-corrected chi connectivity index (χ0v) is 13.5. The van der Waals surface area contributed by atoms with Crippen molar-refractivity contribution in [3.63, 3.8) is 0 Å². The van der Waals surface area contributed by atoms with Crippen LogP contribution in [-0.2, 0) is 6.54 Å². The lowest BCUT2D eigenvalue weighted by Crippen LogP contribution is -2.50. The Morgan fingerprint density at radius 1 is 1.61 bits per heavy atom. The highest BCUT2D eigenvalue weighted by Crippen LogP contribution is 2.33. The first kappa shape index (κ1) is 14.5. The molecular weight excluding hydrogens is 310 g/mol. The lowest BCUT2D eigenvalue weighted by molar-refractivity contribution is 0.0985. The van der Waals surface area contributed by atoms with E-state index in [1.165, 1.54) is 27.1 Å². The van der Waals surface area contributed by atoms with Gasteiger partial charge >= 0.3 is 0 Å². The molecule has 0 aromatic carbocycles. The summed E-state index contributed by atoms with van der Waals surface area (Å²) in [4.78, 5) is 2.66. The minimum atomic E-state index is -0.0535. The molecule has 0 spiro atoms. The van der Waals surface area contributed by atoms with Gasteiger partial charge in [0.2, 0.25) is 0 Å². The molecule has 1 aliphatic rings. The SMILES string of the molecule is Cc1sc(CNC2(CO)CCCC(C)C2)cc1Br. The third-order valence-electron chi connectivity index (χ3n) is 3.94. The monoisotopic (exact) mass is 331 g/mol. The molecule has 0 bridgehead atoms. The molecule has 0 aliphatic heterocycles. The molecule has 4 heteroatoms. The standard InChI is InChI=1S/C14H22BrNOS/c1-10-4-3-5-14(7-10,9-17)16-8-12-6-13(15)11(2)18-12/h6,10,16-17H,3-5,7-9H2,1-2H3. The highest BCUT2D eigenvalue weighted by atomic mass is 79.9. The van der Waals surface area contributed by atoms with Crippen LogP contribution in [0.4, 0.5) is 0 Å². The second kappa shape index (κ2) is 6.04. The largest absolute Gasteiger partial charge is 0.394 e. The summed E-state index contributed by atoms with van der Waals surface area (Å²) in [6.07, 6.45) is 4.71. The van der Waals surface area contributed by atoms with Crippen LogP contribution in [-0.4, -0.2) is 17.3 Å². The summed E-state index contributed by atoms with van der Waals surface area (Å²) in [5, 5.41) is 13.3. The van der Waals surface area contributed by atoms with Gasteiger partial charge in [-0.3, -0.25) is 0 Å². The van der Waals surface area contributed by atoms with Crippen molar-refractivity contribution in [3.05, 3.63) is 20.3 Å². The van der Waals surface area contributed by atoms with E-state index in [0.717, 1.165) is 25.3 Å². The van der Waals surface area contributed by atoms with Crippen LogP contribution in [0, 0.1) is 12.8 Å². The van der Waals surface area contributed by atoms with Crippen molar-refractivity contribution in [2.24, 2.45) is 5.92 Å². The Morgan fingerprint density at radius 2 is 2.39 bits per heavy atom. The maximum atomic E-state index is 9.73. The van der Waals surface area contributed by atoms with E-state index in [-0.39, 0.29) is 12.1 Å². The van der Waals surface area contributed by atoms with Crippen LogP contribution >= 0.6 is 27.3 Å². The van der Waals surface area contributed by atoms with E-state index < -0.39 is 0 Å². The predicted octanol–water partition coefficient (Wildman–Crippen LogP) is 3.85. The number of halogens is 1. The van der Waals surface area contributed by atoms with E-state index in [1.54, 1.807) is 0 Å². The fourth-order valence-electron chi connectivity index (χ4n) is 2.90. The first-order valence-corrected chi connectivity index (χ1v) is 8.26. The number of hydrogen-bond acceptors (Lipinski definition) is 3. The second-order valence-corrected chi connectivity index (χ2v) is 7.81. The molecule has 2 rings (SSSR count). The maximum absolute atomic E-state index is 9.73. The van der Waals surface area contributed by atoms with Crippen molar-refractivity contribution < 1.29 is 5.11 Å². The van der Waals surface area contributed by atoms with Crippen LogP contribution < -0.4 is 5.32 Å². The smallest absolute Gasteiger partial charge is 0.0613 e. The molecule has 1 aromatic heterocycles. The van der Waals surface area contributed by atoms with Gasteiger partial charge in [0.05, 0.1) is 6.61 Å². The molecule has 2 nitrogen and oxygen atoms in total. The van der Waals surface area contributed by atoms with Gasteiger partial charge in [-0.2, -0.15) is 0 Å². The molecule has 2 atom stereocenters. The summed E-state index contributed by atoms with van der Waals surface area (Å²) >= 11 is 5.38. The molecule has 2 N–H and O–H groups in total. The van der Waals surface area contributed by atoms with Gasteiger partial charge in [-0.1, -0.05) is 19.8 Å². The van der Waals surface area contributed by atoms with Gasteiger partial charge in [0, 0.05) is 26.3 Å². The van der Waals surface area contributed by atoms with Crippen LogP contribution in [0.5, 0.6) is 0 Å². The van der Waals surface area contributed by atoms with E-state index >= 15 is 0 Å². The number of aryl methyl sites for hydroxylation is 1. The van der Waals surface area contributed by atoms with Crippen LogP contribution in [0.25, 0.3) is 0 Å². The summed E-state index contributed by atoms with van der Waals surface area (Å²) in [6, 6.07) is 2.18. The fraction of sp³-hybridized carbons (Fsp3) is 0.714. The Labute approximate surface area is 122 Å². The number of aliphatic hydroxyl groups excluding tert-OH is 1. The highest BCUT2D eigenvalue weighted by molar-refractivity contribution is 9.10. The minimum Gasteiger partial charge on any atom is -0.394 e. The minimum absolute atomic E-state index is 0.0535. The van der Waals surface area contributed by atoms with Crippen LogP contribution in [0.1, 0.15) is 42.4 Å². The summed E-state index contributed by atoms with van der Waals surface area (Å²) in [5.41, 5.74) is -0.0535. The van der Waals surface area contributed by atoms with Crippen molar-refractivity contribution in [2.45, 2.75) is 51.6 Å². The Kier molecular flexibility index (Phi) is 4.86. The third-order valence-corrected chi connectivity index (χ3v) is 6.08. The zero-order valence-electron chi connectivity index (χ0n) is 11.1. The Morgan fingerprint density at radius 3 is 2.94 bits per heavy atom. The van der Waals surface area contributed by atoms with Gasteiger partial charge in [-0.15, -0.1) is 11.3 Å². The van der Waals surface area contributed by atoms with E-state index in [9.17, 15) is 5.11 Å². The Bertz CT molecular complexity index is 387. The summed E-state index contributed by atoms with van der Waals surface area (Å²) in [5.74, 6) is 0.718. The average Bonchev–Trinajstić information content (AvgIpc) is 2.67. The topological polar surface area (TPSA) is 32.3 Å². The summed E-state index contributed by atoms with van der Waals surface area (Å²) in [6.45, 7) is 5.53. The number of thiophene rings is 1. The molecular formula is C14H22BrNOS. The molecule has 1 fully saturated rings. The highest BCUT2D eigenvalue weighted by Gasteiger charge is 2.33. The normalized spacial score (nSPS) is 28.6. The first-order chi connectivity index (χ1) is 8.54. The van der Waals surface area contributed by atoms with Gasteiger partial charge in [0.15, 0.2) is 0 Å². The number of aliphatic hydroxyl groups is 1. The number of nitrogens with one attached hydrogen (secondary N) is 1. The van der Waals surface area contributed by atoms with Crippen LogP contribution in [0.15, 0.2) is 10.5 Å². The van der Waals surface area contributed by atoms with Crippen molar-refractivity contribution in [1.82, 2.24) is 5.32 Å². The van der Waals surface area contributed by atoms with Crippen molar-refractivity contribution in [2.75, 3.05) is 6.61 Å². The second-order valence-electron chi connectivity index (χ2n) is 5.61. The third kappa shape index (κ3) is 3.35. The number of hydrogen-bond donors (Lipinski definition) is 2. The van der Waals surface area contributed by atoms with Crippen LogP contribution in [0.2, 0.25) is 0 Å². The molecule has 102 valence electrons. The molecule has 18 heavy (non-hydrogen) atoms. The first-order valence-electron chi connectivity index (χ1n) is 6.65. The maximum Gasteiger partial charge on any atom is 0.0613 e. The molecule has 1 heterocycles. The molecule has 1 saturated carbocycles. The van der Waals surface area contributed by atoms with Gasteiger partial charge in [0.1, 0.15) is 0 Å². The summed E-state index contributed by atoms with van der Waals surface area (Å²) < 4.78 is 1.19. The molecule has 1 aliphatic carbocycles. The van der Waals surface area contributed by atoms with Crippen molar-refractivity contribution in [3.8, 4) is 0 Å². The lowest BCUT2D eigenvalue weighted by atomic mass is 9.77. The predicted molar refractivity (Wildman–Crippen MR) is 81.0 cm³/mol. The van der Waals surface area contributed by atoms with E-state index in [1.807, 2.05) is 11.3 Å². The molecule has 0 radical (unpaired) electrons. The van der Waals surface area contributed by atoms with Gasteiger partial charge < -0.3 is 10.4 Å². The van der Waals surface area contributed by atoms with Crippen LogP contribution in [0.3, 0.4) is 0 Å². The van der Waals surface area contributed by atoms with Gasteiger partial charge in [0.25, 0.3) is 0 Å². The van der Waals surface area contributed by atoms with E-state index in [2.05, 4.69) is 41.2 Å². The quantitative estimate of drug-likeness (QED) is 0.878. The summed E-state index contributed by atoms with van der Waals surface area (Å²) in [7, 11) is 0. The average molecular weight is 332 g/mol. The molecule has 1 aromatic rings. The van der Waals surface area contributed by atoms with Gasteiger partial charge in [-0.05, 0) is 47.7 Å². The van der Waals surface area contributed by atoms with Crippen molar-refractivity contribution >= 4 is 27.3 Å². The fourth-order valence-corrected chi connectivity index (χ4v) is 4.44. The van der Waals surface area contributed by atoms with Crippen molar-refractivity contribution in [1.29, 1.82) is 0 Å². The van der Waals surface area contributed by atoms with E-state index in [4.69, 9.17) is 0 Å².